The Morgan fingerprint density at radius 2 is 2.15 bits per heavy atom. The number of benzene rings is 1. The lowest BCUT2D eigenvalue weighted by molar-refractivity contribution is -0.386. The van der Waals surface area contributed by atoms with Crippen LogP contribution >= 0.6 is 0 Å². The molecule has 0 bridgehead atoms. The molecule has 2 rings (SSSR count). The van der Waals surface area contributed by atoms with Crippen molar-refractivity contribution >= 4 is 11.4 Å². The van der Waals surface area contributed by atoms with Crippen molar-refractivity contribution in [2.24, 2.45) is 0 Å². The highest BCUT2D eigenvalue weighted by molar-refractivity contribution is 5.62. The largest absolute Gasteiger partial charge is 0.374 e. The van der Waals surface area contributed by atoms with E-state index in [2.05, 4.69) is 10.3 Å². The predicted molar refractivity (Wildman–Crippen MR) is 74.0 cm³/mol. The first-order valence-corrected chi connectivity index (χ1v) is 6.23. The number of halogens is 1. The minimum absolute atomic E-state index is 0.155. The van der Waals surface area contributed by atoms with Gasteiger partial charge in [0.25, 0.3) is 0 Å². The number of nitro groups is 1. The Kier molecular flexibility index (Phi) is 4.24. The Morgan fingerprint density at radius 1 is 1.35 bits per heavy atom. The van der Waals surface area contributed by atoms with Gasteiger partial charge in [-0.05, 0) is 30.2 Å². The first-order chi connectivity index (χ1) is 9.63. The molecule has 0 spiro atoms. The molecule has 0 aliphatic carbocycles. The standard InChI is InChI=1S/C14H14FN3O2/c1-2-10-5-4-8-16-13(10)9-17-12-7-3-6-11(15)14(12)18(19)20/h3-8,17H,2,9H2,1H3. The summed E-state index contributed by atoms with van der Waals surface area (Å²) in [7, 11) is 0. The Balaban J connectivity index is 2.23. The van der Waals surface area contributed by atoms with E-state index in [9.17, 15) is 14.5 Å². The molecule has 6 heteroatoms. The lowest BCUT2D eigenvalue weighted by atomic mass is 10.1. The molecule has 0 radical (unpaired) electrons. The van der Waals surface area contributed by atoms with Gasteiger partial charge in [-0.3, -0.25) is 15.1 Å². The van der Waals surface area contributed by atoms with Gasteiger partial charge in [-0.15, -0.1) is 0 Å². The number of pyridine rings is 1. The summed E-state index contributed by atoms with van der Waals surface area (Å²) in [4.78, 5) is 14.4. The Bertz CT molecular complexity index is 632. The van der Waals surface area contributed by atoms with Crippen LogP contribution in [-0.2, 0) is 13.0 Å². The SMILES string of the molecule is CCc1cccnc1CNc1cccc(F)c1[N+](=O)[O-]. The third kappa shape index (κ3) is 2.90. The van der Waals surface area contributed by atoms with Crippen LogP contribution in [0.4, 0.5) is 15.8 Å². The van der Waals surface area contributed by atoms with Gasteiger partial charge < -0.3 is 5.32 Å². The van der Waals surface area contributed by atoms with Crippen molar-refractivity contribution < 1.29 is 9.31 Å². The number of hydrogen-bond donors (Lipinski definition) is 1. The molecule has 0 fully saturated rings. The number of nitrogens with one attached hydrogen (secondary N) is 1. The third-order valence-electron chi connectivity index (χ3n) is 2.98. The maximum Gasteiger partial charge on any atom is 0.327 e. The molecular weight excluding hydrogens is 261 g/mol. The second-order valence-corrected chi connectivity index (χ2v) is 4.21. The predicted octanol–water partition coefficient (Wildman–Crippen LogP) is 3.30. The normalized spacial score (nSPS) is 10.3. The van der Waals surface area contributed by atoms with Crippen LogP contribution in [-0.4, -0.2) is 9.91 Å². The van der Waals surface area contributed by atoms with Gasteiger partial charge in [0, 0.05) is 6.20 Å². The van der Waals surface area contributed by atoms with E-state index in [-0.39, 0.29) is 5.69 Å². The van der Waals surface area contributed by atoms with E-state index in [1.165, 1.54) is 12.1 Å². The van der Waals surface area contributed by atoms with E-state index in [0.29, 0.717) is 6.54 Å². The van der Waals surface area contributed by atoms with Gasteiger partial charge in [0.15, 0.2) is 0 Å². The van der Waals surface area contributed by atoms with Crippen LogP contribution in [0.1, 0.15) is 18.2 Å². The summed E-state index contributed by atoms with van der Waals surface area (Å²) in [6, 6.07) is 7.78. The van der Waals surface area contributed by atoms with Crippen LogP contribution in [0, 0.1) is 15.9 Å². The van der Waals surface area contributed by atoms with E-state index >= 15 is 0 Å². The topological polar surface area (TPSA) is 68.1 Å². The van der Waals surface area contributed by atoms with Crippen molar-refractivity contribution in [1.82, 2.24) is 4.98 Å². The minimum atomic E-state index is -0.850. The smallest absolute Gasteiger partial charge is 0.327 e. The molecule has 1 aromatic carbocycles. The molecule has 2 aromatic rings. The first kappa shape index (κ1) is 13.9. The van der Waals surface area contributed by atoms with Crippen LogP contribution in [0.3, 0.4) is 0 Å². The van der Waals surface area contributed by atoms with E-state index in [0.717, 1.165) is 23.7 Å². The molecule has 1 aromatic heterocycles. The van der Waals surface area contributed by atoms with Crippen LogP contribution in [0.2, 0.25) is 0 Å². The zero-order valence-electron chi connectivity index (χ0n) is 11.0. The third-order valence-corrected chi connectivity index (χ3v) is 2.98. The summed E-state index contributed by atoms with van der Waals surface area (Å²) in [6.07, 6.45) is 2.48. The number of nitrogens with zero attached hydrogens (tertiary/aromatic N) is 2. The number of rotatable bonds is 5. The lowest BCUT2D eigenvalue weighted by Crippen LogP contribution is -2.07. The van der Waals surface area contributed by atoms with Crippen molar-refractivity contribution in [3.8, 4) is 0 Å². The maximum absolute atomic E-state index is 13.5. The Hall–Kier alpha value is -2.50. The summed E-state index contributed by atoms with van der Waals surface area (Å²) < 4.78 is 13.5. The molecule has 0 saturated heterocycles. The quantitative estimate of drug-likeness (QED) is 0.671. The van der Waals surface area contributed by atoms with Gasteiger partial charge in [-0.25, -0.2) is 0 Å². The van der Waals surface area contributed by atoms with E-state index in [4.69, 9.17) is 0 Å². The van der Waals surface area contributed by atoms with E-state index in [1.54, 1.807) is 6.20 Å². The Morgan fingerprint density at radius 3 is 2.85 bits per heavy atom. The van der Waals surface area contributed by atoms with Crippen LogP contribution in [0.15, 0.2) is 36.5 Å². The highest BCUT2D eigenvalue weighted by atomic mass is 19.1. The molecule has 0 unspecified atom stereocenters. The molecule has 0 saturated carbocycles. The molecule has 1 N–H and O–H groups in total. The second kappa shape index (κ2) is 6.10. The number of aromatic nitrogens is 1. The summed E-state index contributed by atoms with van der Waals surface area (Å²) in [5.74, 6) is -0.850. The van der Waals surface area contributed by atoms with Gasteiger partial charge in [-0.2, -0.15) is 4.39 Å². The highest BCUT2D eigenvalue weighted by Crippen LogP contribution is 2.27. The van der Waals surface area contributed by atoms with Gasteiger partial charge in [0.05, 0.1) is 17.2 Å². The molecule has 0 atom stereocenters. The van der Waals surface area contributed by atoms with Gasteiger partial charge in [0.1, 0.15) is 5.69 Å². The molecule has 1 heterocycles. The average molecular weight is 275 g/mol. The van der Waals surface area contributed by atoms with Crippen LogP contribution in [0.25, 0.3) is 0 Å². The number of anilines is 1. The molecule has 5 nitrogen and oxygen atoms in total. The van der Waals surface area contributed by atoms with Crippen molar-refractivity contribution in [3.63, 3.8) is 0 Å². The minimum Gasteiger partial charge on any atom is -0.374 e. The molecule has 104 valence electrons. The zero-order valence-corrected chi connectivity index (χ0v) is 11.0. The zero-order chi connectivity index (χ0) is 14.5. The number of para-hydroxylation sites is 1. The van der Waals surface area contributed by atoms with E-state index < -0.39 is 16.4 Å². The Labute approximate surface area is 115 Å². The fraction of sp³-hybridized carbons (Fsp3) is 0.214. The summed E-state index contributed by atoms with van der Waals surface area (Å²) >= 11 is 0. The van der Waals surface area contributed by atoms with Crippen molar-refractivity contribution in [1.29, 1.82) is 0 Å². The van der Waals surface area contributed by atoms with Crippen molar-refractivity contribution in [2.45, 2.75) is 19.9 Å². The average Bonchev–Trinajstić information content (AvgIpc) is 2.45. The van der Waals surface area contributed by atoms with Crippen LogP contribution < -0.4 is 5.32 Å². The molecular formula is C14H14FN3O2. The number of hydrogen-bond acceptors (Lipinski definition) is 4. The molecule has 0 amide bonds. The molecule has 0 aliphatic heterocycles. The highest BCUT2D eigenvalue weighted by Gasteiger charge is 2.19. The van der Waals surface area contributed by atoms with Crippen molar-refractivity contribution in [2.75, 3.05) is 5.32 Å². The molecule has 0 aliphatic rings. The first-order valence-electron chi connectivity index (χ1n) is 6.23. The van der Waals surface area contributed by atoms with Crippen molar-refractivity contribution in [3.05, 3.63) is 63.7 Å². The van der Waals surface area contributed by atoms with Crippen LogP contribution in [0.5, 0.6) is 0 Å². The fourth-order valence-corrected chi connectivity index (χ4v) is 1.97. The van der Waals surface area contributed by atoms with Gasteiger partial charge in [0.2, 0.25) is 5.82 Å². The maximum atomic E-state index is 13.5. The number of nitro benzene ring substituents is 1. The second-order valence-electron chi connectivity index (χ2n) is 4.21. The van der Waals surface area contributed by atoms with Gasteiger partial charge in [-0.1, -0.05) is 19.1 Å². The number of aryl methyl sites for hydroxylation is 1. The summed E-state index contributed by atoms with van der Waals surface area (Å²) in [5, 5.41) is 13.8. The lowest BCUT2D eigenvalue weighted by Gasteiger charge is -2.09. The molecule has 20 heavy (non-hydrogen) atoms. The van der Waals surface area contributed by atoms with E-state index in [1.807, 2.05) is 19.1 Å². The fourth-order valence-electron chi connectivity index (χ4n) is 1.97. The summed E-state index contributed by atoms with van der Waals surface area (Å²) in [5.41, 5.74) is 1.47. The monoisotopic (exact) mass is 275 g/mol. The van der Waals surface area contributed by atoms with Gasteiger partial charge >= 0.3 is 5.69 Å². The summed E-state index contributed by atoms with van der Waals surface area (Å²) in [6.45, 7) is 2.32.